The maximum atomic E-state index is 13.0. The van der Waals surface area contributed by atoms with Gasteiger partial charge in [-0.1, -0.05) is 12.1 Å². The first-order valence-corrected chi connectivity index (χ1v) is 11.8. The number of sulfonamides is 2. The molecule has 8 nitrogen and oxygen atoms in total. The summed E-state index contributed by atoms with van der Waals surface area (Å²) < 4.78 is 60.6. The Morgan fingerprint density at radius 2 is 1.59 bits per heavy atom. The maximum Gasteiger partial charge on any atom is 0.243 e. The van der Waals surface area contributed by atoms with Gasteiger partial charge in [0.1, 0.15) is 12.4 Å². The van der Waals surface area contributed by atoms with Crippen molar-refractivity contribution >= 4 is 20.0 Å². The molecule has 1 atom stereocenters. The molecule has 0 spiro atoms. The average molecular weight is 443 g/mol. The summed E-state index contributed by atoms with van der Waals surface area (Å²) in [7, 11) is -4.53. The van der Waals surface area contributed by atoms with Crippen molar-refractivity contribution in [3.8, 4) is 5.75 Å². The van der Waals surface area contributed by atoms with E-state index >= 15 is 0 Å². The predicted octanol–water partition coefficient (Wildman–Crippen LogP) is 2.05. The van der Waals surface area contributed by atoms with E-state index in [0.717, 1.165) is 0 Å². The molecule has 0 aliphatic rings. The van der Waals surface area contributed by atoms with Crippen LogP contribution in [-0.2, 0) is 24.8 Å². The van der Waals surface area contributed by atoms with Crippen LogP contribution in [-0.4, -0.2) is 48.5 Å². The van der Waals surface area contributed by atoms with Crippen LogP contribution in [0.3, 0.4) is 0 Å². The van der Waals surface area contributed by atoms with Crippen molar-refractivity contribution in [2.45, 2.75) is 29.7 Å². The van der Waals surface area contributed by atoms with Crippen molar-refractivity contribution in [2.24, 2.45) is 5.14 Å². The van der Waals surface area contributed by atoms with Gasteiger partial charge in [0.2, 0.25) is 20.0 Å². The summed E-state index contributed by atoms with van der Waals surface area (Å²) in [6, 6.07) is 9.98. The van der Waals surface area contributed by atoms with Crippen molar-refractivity contribution in [3.05, 3.63) is 53.6 Å². The number of methoxy groups -OCH3 is 1. The van der Waals surface area contributed by atoms with Crippen molar-refractivity contribution in [3.63, 3.8) is 0 Å². The van der Waals surface area contributed by atoms with Crippen molar-refractivity contribution < 1.29 is 26.3 Å². The molecule has 2 N–H and O–H groups in total. The highest BCUT2D eigenvalue weighted by molar-refractivity contribution is 7.89. The molecule has 2 aromatic rings. The second-order valence-electron chi connectivity index (χ2n) is 6.58. The second kappa shape index (κ2) is 9.23. The molecule has 29 heavy (non-hydrogen) atoms. The van der Waals surface area contributed by atoms with Gasteiger partial charge in [0.05, 0.1) is 16.4 Å². The zero-order valence-corrected chi connectivity index (χ0v) is 18.5. The minimum atomic E-state index is -3.81. The van der Waals surface area contributed by atoms with E-state index in [-0.39, 0.29) is 9.79 Å². The molecular weight excluding hydrogens is 416 g/mol. The van der Waals surface area contributed by atoms with Gasteiger partial charge >= 0.3 is 0 Å². The first-order chi connectivity index (χ1) is 13.5. The van der Waals surface area contributed by atoms with E-state index in [0.29, 0.717) is 30.1 Å². The number of rotatable bonds is 9. The Morgan fingerprint density at radius 3 is 2.10 bits per heavy atom. The lowest BCUT2D eigenvalue weighted by Gasteiger charge is -2.25. The molecule has 2 rings (SSSR count). The fourth-order valence-corrected chi connectivity index (χ4v) is 4.65. The number of hydrogen-bond acceptors (Lipinski definition) is 6. The molecular formula is C19H26N2O6S2. The molecule has 0 aromatic heterocycles. The van der Waals surface area contributed by atoms with Gasteiger partial charge in [0.25, 0.3) is 0 Å². The monoisotopic (exact) mass is 442 g/mol. The minimum Gasteiger partial charge on any atom is -0.491 e. The molecule has 0 bridgehead atoms. The van der Waals surface area contributed by atoms with E-state index in [1.165, 1.54) is 29.6 Å². The molecule has 0 heterocycles. The molecule has 0 aliphatic carbocycles. The largest absolute Gasteiger partial charge is 0.491 e. The van der Waals surface area contributed by atoms with Gasteiger partial charge in [0.15, 0.2) is 0 Å². The summed E-state index contributed by atoms with van der Waals surface area (Å²) in [4.78, 5) is 0.114. The summed E-state index contributed by atoms with van der Waals surface area (Å²) in [5.74, 6) is 0.593. The third-order valence-electron chi connectivity index (χ3n) is 4.60. The van der Waals surface area contributed by atoms with Crippen molar-refractivity contribution in [1.29, 1.82) is 0 Å². The first kappa shape index (κ1) is 23.3. The van der Waals surface area contributed by atoms with Crippen molar-refractivity contribution in [1.82, 2.24) is 4.31 Å². The summed E-state index contributed by atoms with van der Waals surface area (Å²) in [6.07, 6.45) is 0. The van der Waals surface area contributed by atoms with Crippen LogP contribution in [0, 0.1) is 6.92 Å². The molecule has 0 radical (unpaired) electrons. The van der Waals surface area contributed by atoms with Gasteiger partial charge in [-0.05, 0) is 55.3 Å². The lowest BCUT2D eigenvalue weighted by Crippen LogP contribution is -2.30. The number of primary sulfonamides is 1. The SMILES string of the molecule is COCCOc1ccc(S(=O)(=O)N(C)C(C)c2ccc(S(N)(=O)=O)cc2)cc1C. The summed E-state index contributed by atoms with van der Waals surface area (Å²) in [5, 5.41) is 5.10. The summed E-state index contributed by atoms with van der Waals surface area (Å²) in [5.41, 5.74) is 1.33. The Kier molecular flexibility index (Phi) is 7.41. The Balaban J connectivity index is 2.24. The van der Waals surface area contributed by atoms with E-state index in [1.54, 1.807) is 45.2 Å². The zero-order chi connectivity index (χ0) is 21.8. The average Bonchev–Trinajstić information content (AvgIpc) is 2.67. The third-order valence-corrected chi connectivity index (χ3v) is 7.46. The van der Waals surface area contributed by atoms with Crippen LogP contribution in [0.5, 0.6) is 5.75 Å². The van der Waals surface area contributed by atoms with Gasteiger partial charge in [-0.3, -0.25) is 0 Å². The third kappa shape index (κ3) is 5.55. The van der Waals surface area contributed by atoms with Crippen LogP contribution in [0.2, 0.25) is 0 Å². The Bertz CT molecular complexity index is 1050. The normalized spacial score (nSPS) is 13.4. The number of aryl methyl sites for hydroxylation is 1. The molecule has 160 valence electrons. The van der Waals surface area contributed by atoms with Crippen LogP contribution in [0.1, 0.15) is 24.1 Å². The molecule has 2 aromatic carbocycles. The van der Waals surface area contributed by atoms with E-state index in [4.69, 9.17) is 14.6 Å². The smallest absolute Gasteiger partial charge is 0.243 e. The summed E-state index contributed by atoms with van der Waals surface area (Å²) in [6.45, 7) is 4.30. The molecule has 0 fully saturated rings. The number of hydrogen-bond donors (Lipinski definition) is 1. The molecule has 1 unspecified atom stereocenters. The quantitative estimate of drug-likeness (QED) is 0.594. The minimum absolute atomic E-state index is 0.0290. The highest BCUT2D eigenvalue weighted by Crippen LogP contribution is 2.29. The molecule has 0 amide bonds. The van der Waals surface area contributed by atoms with Gasteiger partial charge in [-0.15, -0.1) is 0 Å². The Hall–Kier alpha value is -1.98. The molecule has 0 saturated carbocycles. The van der Waals surface area contributed by atoms with E-state index < -0.39 is 26.1 Å². The molecule has 10 heteroatoms. The fourth-order valence-electron chi connectivity index (χ4n) is 2.70. The van der Waals surface area contributed by atoms with Gasteiger partial charge in [-0.25, -0.2) is 22.0 Å². The number of benzene rings is 2. The van der Waals surface area contributed by atoms with Crippen LogP contribution in [0.25, 0.3) is 0 Å². The molecule has 0 saturated heterocycles. The van der Waals surface area contributed by atoms with E-state index in [1.807, 2.05) is 0 Å². The van der Waals surface area contributed by atoms with Crippen LogP contribution in [0.4, 0.5) is 0 Å². The van der Waals surface area contributed by atoms with Crippen LogP contribution in [0.15, 0.2) is 52.3 Å². The van der Waals surface area contributed by atoms with E-state index in [2.05, 4.69) is 0 Å². The topological polar surface area (TPSA) is 116 Å². The summed E-state index contributed by atoms with van der Waals surface area (Å²) >= 11 is 0. The highest BCUT2D eigenvalue weighted by atomic mass is 32.2. The Labute approximate surface area is 172 Å². The zero-order valence-electron chi connectivity index (χ0n) is 16.8. The van der Waals surface area contributed by atoms with Gasteiger partial charge in [-0.2, -0.15) is 4.31 Å². The Morgan fingerprint density at radius 1 is 1.00 bits per heavy atom. The predicted molar refractivity (Wildman–Crippen MR) is 110 cm³/mol. The van der Waals surface area contributed by atoms with Crippen LogP contribution >= 0.6 is 0 Å². The molecule has 0 aliphatic heterocycles. The first-order valence-electron chi connectivity index (χ1n) is 8.81. The van der Waals surface area contributed by atoms with E-state index in [9.17, 15) is 16.8 Å². The maximum absolute atomic E-state index is 13.0. The lowest BCUT2D eigenvalue weighted by molar-refractivity contribution is 0.146. The van der Waals surface area contributed by atoms with Gasteiger partial charge < -0.3 is 9.47 Å². The number of nitrogens with zero attached hydrogens (tertiary/aromatic N) is 1. The standard InChI is InChI=1S/C19H26N2O6S2/c1-14-13-18(9-10-19(14)27-12-11-26-4)29(24,25)21(3)15(2)16-5-7-17(8-6-16)28(20,22)23/h5-10,13,15H,11-12H2,1-4H3,(H2,20,22,23). The number of ether oxygens (including phenoxy) is 2. The second-order valence-corrected chi connectivity index (χ2v) is 10.1. The van der Waals surface area contributed by atoms with Crippen molar-refractivity contribution in [2.75, 3.05) is 27.4 Å². The lowest BCUT2D eigenvalue weighted by atomic mass is 10.1. The van der Waals surface area contributed by atoms with Gasteiger partial charge in [0, 0.05) is 20.2 Å². The number of nitrogens with two attached hydrogens (primary N) is 1. The highest BCUT2D eigenvalue weighted by Gasteiger charge is 2.27. The fraction of sp³-hybridized carbons (Fsp3) is 0.368. The van der Waals surface area contributed by atoms with Crippen LogP contribution < -0.4 is 9.88 Å².